The lowest BCUT2D eigenvalue weighted by Gasteiger charge is -1.94. The second-order valence-electron chi connectivity index (χ2n) is 3.84. The van der Waals surface area contributed by atoms with E-state index in [2.05, 4.69) is 11.8 Å². The van der Waals surface area contributed by atoms with E-state index in [1.807, 2.05) is 30.3 Å². The van der Waals surface area contributed by atoms with Crippen molar-refractivity contribution in [3.63, 3.8) is 0 Å². The molecule has 0 bridgehead atoms. The maximum atomic E-state index is 11.7. The predicted octanol–water partition coefficient (Wildman–Crippen LogP) is 3.50. The van der Waals surface area contributed by atoms with Crippen LogP contribution in [0.25, 0.3) is 0 Å². The average molecular weight is 255 g/mol. The van der Waals surface area contributed by atoms with Crippen molar-refractivity contribution in [2.45, 2.75) is 6.42 Å². The molecular formula is C16H11ClO. The molecule has 0 radical (unpaired) electrons. The molecule has 18 heavy (non-hydrogen) atoms. The monoisotopic (exact) mass is 254 g/mol. The van der Waals surface area contributed by atoms with E-state index in [4.69, 9.17) is 11.6 Å². The number of hydrogen-bond acceptors (Lipinski definition) is 1. The zero-order valence-corrected chi connectivity index (χ0v) is 10.4. The lowest BCUT2D eigenvalue weighted by molar-refractivity contribution is -0.113. The fourth-order valence-electron chi connectivity index (χ4n) is 1.50. The van der Waals surface area contributed by atoms with Crippen molar-refractivity contribution >= 4 is 17.4 Å². The molecule has 0 aliphatic carbocycles. The summed E-state index contributed by atoms with van der Waals surface area (Å²) in [6.07, 6.45) is 0.349. The van der Waals surface area contributed by atoms with Gasteiger partial charge in [0, 0.05) is 17.0 Å². The Bertz CT molecular complexity index is 588. The van der Waals surface area contributed by atoms with E-state index < -0.39 is 0 Å². The van der Waals surface area contributed by atoms with Gasteiger partial charge in [0.25, 0.3) is 0 Å². The quantitative estimate of drug-likeness (QED) is 0.750. The van der Waals surface area contributed by atoms with Gasteiger partial charge in [0.15, 0.2) is 0 Å². The summed E-state index contributed by atoms with van der Waals surface area (Å²) in [5.74, 6) is 5.38. The third-order valence-electron chi connectivity index (χ3n) is 2.40. The smallest absolute Gasteiger partial charge is 0.210 e. The number of carbonyl (C=O) groups excluding carboxylic acids is 1. The van der Waals surface area contributed by atoms with Crippen LogP contribution in [0.2, 0.25) is 5.02 Å². The van der Waals surface area contributed by atoms with E-state index in [-0.39, 0.29) is 5.78 Å². The Kier molecular flexibility index (Phi) is 4.17. The molecule has 0 fully saturated rings. The molecule has 0 N–H and O–H groups in total. The Hall–Kier alpha value is -2.04. The molecule has 0 saturated carbocycles. The van der Waals surface area contributed by atoms with Gasteiger partial charge in [0.05, 0.1) is 0 Å². The number of halogens is 1. The second-order valence-corrected chi connectivity index (χ2v) is 4.28. The van der Waals surface area contributed by atoms with Crippen LogP contribution in [0.3, 0.4) is 0 Å². The summed E-state index contributed by atoms with van der Waals surface area (Å²) >= 11 is 5.77. The summed E-state index contributed by atoms with van der Waals surface area (Å²) in [5, 5.41) is 0.663. The van der Waals surface area contributed by atoms with Crippen molar-refractivity contribution in [2.24, 2.45) is 0 Å². The highest BCUT2D eigenvalue weighted by atomic mass is 35.5. The number of carbonyl (C=O) groups is 1. The highest BCUT2D eigenvalue weighted by molar-refractivity contribution is 6.30. The Morgan fingerprint density at radius 3 is 2.33 bits per heavy atom. The summed E-state index contributed by atoms with van der Waals surface area (Å²) in [7, 11) is 0. The van der Waals surface area contributed by atoms with Crippen molar-refractivity contribution in [1.82, 2.24) is 0 Å². The van der Waals surface area contributed by atoms with Gasteiger partial charge in [-0.05, 0) is 35.7 Å². The van der Waals surface area contributed by atoms with Crippen LogP contribution in [0.4, 0.5) is 0 Å². The normalized spacial score (nSPS) is 9.39. The van der Waals surface area contributed by atoms with Crippen LogP contribution < -0.4 is 0 Å². The molecule has 0 spiro atoms. The van der Waals surface area contributed by atoms with Crippen molar-refractivity contribution in [3.05, 3.63) is 70.7 Å². The Balaban J connectivity index is 2.02. The van der Waals surface area contributed by atoms with E-state index in [1.54, 1.807) is 24.3 Å². The summed E-state index contributed by atoms with van der Waals surface area (Å²) in [6, 6.07) is 16.7. The minimum atomic E-state index is -0.0869. The number of hydrogen-bond donors (Lipinski definition) is 0. The number of ketones is 1. The maximum absolute atomic E-state index is 11.7. The van der Waals surface area contributed by atoms with Crippen LogP contribution >= 0.6 is 11.6 Å². The molecule has 0 heterocycles. The molecule has 2 aromatic carbocycles. The van der Waals surface area contributed by atoms with Gasteiger partial charge in [-0.25, -0.2) is 0 Å². The van der Waals surface area contributed by atoms with Gasteiger partial charge in [0.2, 0.25) is 5.78 Å². The molecule has 0 aromatic heterocycles. The molecule has 0 unspecified atom stereocenters. The summed E-state index contributed by atoms with van der Waals surface area (Å²) in [6.45, 7) is 0. The van der Waals surface area contributed by atoms with Crippen molar-refractivity contribution in [2.75, 3.05) is 0 Å². The molecule has 0 atom stereocenters. The third kappa shape index (κ3) is 3.76. The Morgan fingerprint density at radius 1 is 1.00 bits per heavy atom. The van der Waals surface area contributed by atoms with Crippen molar-refractivity contribution in [3.8, 4) is 11.8 Å². The number of Topliss-reactive ketones (excluding diaryl/α,β-unsaturated/α-hetero) is 1. The molecule has 2 heteroatoms. The lowest BCUT2D eigenvalue weighted by Crippen LogP contribution is -1.98. The van der Waals surface area contributed by atoms with Gasteiger partial charge in [-0.2, -0.15) is 0 Å². The van der Waals surface area contributed by atoms with E-state index in [1.165, 1.54) is 0 Å². The molecule has 0 amide bonds. The molecule has 88 valence electrons. The molecule has 0 saturated heterocycles. The molecule has 0 aliphatic rings. The molecular weight excluding hydrogens is 244 g/mol. The first kappa shape index (κ1) is 12.4. The standard InChI is InChI=1S/C16H11ClO/c17-15-9-6-13(7-10-15)8-11-16(18)12-14-4-2-1-3-5-14/h1-7,9-10H,12H2. The highest BCUT2D eigenvalue weighted by Crippen LogP contribution is 2.08. The van der Waals surface area contributed by atoms with Crippen LogP contribution in [0, 0.1) is 11.8 Å². The number of rotatable bonds is 2. The SMILES string of the molecule is O=C(C#Cc1ccc(Cl)cc1)Cc1ccccc1. The van der Waals surface area contributed by atoms with Gasteiger partial charge < -0.3 is 0 Å². The van der Waals surface area contributed by atoms with Crippen LogP contribution in [0.5, 0.6) is 0 Å². The Labute approximate surface area is 111 Å². The molecule has 0 aliphatic heterocycles. The largest absolute Gasteiger partial charge is 0.285 e. The van der Waals surface area contributed by atoms with Crippen LogP contribution in [-0.2, 0) is 11.2 Å². The minimum absolute atomic E-state index is 0.0869. The summed E-state index contributed by atoms with van der Waals surface area (Å²) < 4.78 is 0. The molecule has 2 rings (SSSR count). The number of benzene rings is 2. The van der Waals surface area contributed by atoms with Crippen LogP contribution in [0.15, 0.2) is 54.6 Å². The van der Waals surface area contributed by atoms with E-state index in [0.717, 1.165) is 11.1 Å². The summed E-state index contributed by atoms with van der Waals surface area (Å²) in [4.78, 5) is 11.7. The first-order valence-corrected chi connectivity index (χ1v) is 5.96. The molecule has 2 aromatic rings. The predicted molar refractivity (Wildman–Crippen MR) is 73.5 cm³/mol. The van der Waals surface area contributed by atoms with E-state index in [0.29, 0.717) is 11.4 Å². The molecule has 1 nitrogen and oxygen atoms in total. The van der Waals surface area contributed by atoms with Crippen LogP contribution in [-0.4, -0.2) is 5.78 Å². The van der Waals surface area contributed by atoms with Crippen molar-refractivity contribution in [1.29, 1.82) is 0 Å². The Morgan fingerprint density at radius 2 is 1.67 bits per heavy atom. The van der Waals surface area contributed by atoms with Crippen LogP contribution in [0.1, 0.15) is 11.1 Å². The van der Waals surface area contributed by atoms with Gasteiger partial charge >= 0.3 is 0 Å². The van der Waals surface area contributed by atoms with Gasteiger partial charge in [-0.15, -0.1) is 0 Å². The van der Waals surface area contributed by atoms with Gasteiger partial charge in [-0.1, -0.05) is 47.9 Å². The van der Waals surface area contributed by atoms with Gasteiger partial charge in [0.1, 0.15) is 0 Å². The lowest BCUT2D eigenvalue weighted by atomic mass is 10.1. The fraction of sp³-hybridized carbons (Fsp3) is 0.0625. The first-order valence-electron chi connectivity index (χ1n) is 5.58. The zero-order valence-electron chi connectivity index (χ0n) is 9.69. The average Bonchev–Trinajstić information content (AvgIpc) is 2.39. The second kappa shape index (κ2) is 6.05. The van der Waals surface area contributed by atoms with E-state index in [9.17, 15) is 4.79 Å². The first-order chi connectivity index (χ1) is 8.74. The highest BCUT2D eigenvalue weighted by Gasteiger charge is 1.98. The van der Waals surface area contributed by atoms with Gasteiger partial charge in [-0.3, -0.25) is 4.79 Å². The zero-order chi connectivity index (χ0) is 12.8. The third-order valence-corrected chi connectivity index (χ3v) is 2.65. The fourth-order valence-corrected chi connectivity index (χ4v) is 1.63. The summed E-state index contributed by atoms with van der Waals surface area (Å²) in [5.41, 5.74) is 1.77. The maximum Gasteiger partial charge on any atom is 0.210 e. The minimum Gasteiger partial charge on any atom is -0.285 e. The topological polar surface area (TPSA) is 17.1 Å². The van der Waals surface area contributed by atoms with E-state index >= 15 is 0 Å². The van der Waals surface area contributed by atoms with Crippen molar-refractivity contribution < 1.29 is 4.79 Å².